The number of carbonyl (C=O) groups excluding carboxylic acids is 1. The number of hydrogen-bond donors (Lipinski definition) is 1. The van der Waals surface area contributed by atoms with Crippen LogP contribution in [0.3, 0.4) is 0 Å². The summed E-state index contributed by atoms with van der Waals surface area (Å²) < 4.78 is 5.52. The number of benzene rings is 3. The largest absolute Gasteiger partial charge is 0.451 e. The van der Waals surface area contributed by atoms with E-state index in [0.717, 1.165) is 21.7 Å². The number of carbonyl (C=O) groups is 1. The zero-order chi connectivity index (χ0) is 16.4. The van der Waals surface area contributed by atoms with Crippen LogP contribution in [0.15, 0.2) is 82.3 Å². The van der Waals surface area contributed by atoms with E-state index in [-0.39, 0.29) is 11.7 Å². The van der Waals surface area contributed by atoms with Crippen molar-refractivity contribution in [2.24, 2.45) is 5.10 Å². The maximum atomic E-state index is 12.1. The third-order valence-electron chi connectivity index (χ3n) is 3.84. The predicted molar refractivity (Wildman–Crippen MR) is 95.2 cm³/mol. The summed E-state index contributed by atoms with van der Waals surface area (Å²) in [7, 11) is 0. The van der Waals surface area contributed by atoms with Crippen LogP contribution in [0.4, 0.5) is 0 Å². The van der Waals surface area contributed by atoms with Crippen LogP contribution in [0.5, 0.6) is 0 Å². The lowest BCUT2D eigenvalue weighted by Crippen LogP contribution is -2.16. The number of hydrogen-bond acceptors (Lipinski definition) is 3. The van der Waals surface area contributed by atoms with Crippen molar-refractivity contribution in [1.82, 2.24) is 5.43 Å². The zero-order valence-electron chi connectivity index (χ0n) is 12.8. The molecule has 4 nitrogen and oxygen atoms in total. The average Bonchev–Trinajstić information content (AvgIpc) is 3.06. The van der Waals surface area contributed by atoms with Crippen LogP contribution in [0.2, 0.25) is 0 Å². The maximum Gasteiger partial charge on any atom is 0.307 e. The molecule has 1 aromatic heterocycles. The summed E-state index contributed by atoms with van der Waals surface area (Å²) in [4.78, 5) is 12.1. The molecule has 0 bridgehead atoms. The van der Waals surface area contributed by atoms with Gasteiger partial charge in [-0.2, -0.15) is 5.10 Å². The number of amides is 1. The van der Waals surface area contributed by atoms with Crippen molar-refractivity contribution >= 4 is 33.9 Å². The molecule has 0 saturated carbocycles. The van der Waals surface area contributed by atoms with Crippen molar-refractivity contribution in [3.05, 3.63) is 84.1 Å². The summed E-state index contributed by atoms with van der Waals surface area (Å²) in [5.41, 5.74) is 4.13. The third kappa shape index (κ3) is 2.65. The molecule has 0 aliphatic rings. The highest BCUT2D eigenvalue weighted by Crippen LogP contribution is 2.19. The molecule has 0 atom stereocenters. The minimum absolute atomic E-state index is 0.242. The van der Waals surface area contributed by atoms with Gasteiger partial charge in [-0.15, -0.1) is 0 Å². The van der Waals surface area contributed by atoms with E-state index in [0.29, 0.717) is 5.58 Å². The van der Waals surface area contributed by atoms with Crippen molar-refractivity contribution in [2.45, 2.75) is 0 Å². The fraction of sp³-hybridized carbons (Fsp3) is 0. The van der Waals surface area contributed by atoms with Crippen molar-refractivity contribution in [3.63, 3.8) is 0 Å². The first kappa shape index (κ1) is 14.2. The normalized spacial score (nSPS) is 11.3. The predicted octanol–water partition coefficient (Wildman–Crippen LogP) is 4.35. The van der Waals surface area contributed by atoms with Gasteiger partial charge >= 0.3 is 5.91 Å². The third-order valence-corrected chi connectivity index (χ3v) is 3.84. The average molecular weight is 314 g/mol. The minimum atomic E-state index is -0.373. The molecule has 0 saturated heterocycles. The Hall–Kier alpha value is -3.40. The highest BCUT2D eigenvalue weighted by Gasteiger charge is 2.10. The summed E-state index contributed by atoms with van der Waals surface area (Å²) >= 11 is 0. The highest BCUT2D eigenvalue weighted by molar-refractivity contribution is 6.01. The number of fused-ring (bicyclic) bond motifs is 2. The summed E-state index contributed by atoms with van der Waals surface area (Å²) in [5.74, 6) is -0.131. The molecule has 1 amide bonds. The van der Waals surface area contributed by atoms with Gasteiger partial charge in [0.15, 0.2) is 5.76 Å². The SMILES string of the molecule is O=C(N/N=C\c1cccc2ccccc12)c1cc2ccccc2o1. The Morgan fingerprint density at radius 1 is 0.917 bits per heavy atom. The molecule has 0 radical (unpaired) electrons. The van der Waals surface area contributed by atoms with Gasteiger partial charge < -0.3 is 4.42 Å². The van der Waals surface area contributed by atoms with Crippen LogP contribution in [0.1, 0.15) is 16.1 Å². The van der Waals surface area contributed by atoms with E-state index < -0.39 is 0 Å². The van der Waals surface area contributed by atoms with Gasteiger partial charge in [0.1, 0.15) is 5.58 Å². The number of rotatable bonds is 3. The van der Waals surface area contributed by atoms with E-state index >= 15 is 0 Å². The Bertz CT molecular complexity index is 1030. The fourth-order valence-electron chi connectivity index (χ4n) is 2.67. The summed E-state index contributed by atoms with van der Waals surface area (Å²) in [6.45, 7) is 0. The molecule has 4 heteroatoms. The molecule has 1 heterocycles. The van der Waals surface area contributed by atoms with Crippen molar-refractivity contribution < 1.29 is 9.21 Å². The van der Waals surface area contributed by atoms with Gasteiger partial charge in [0.05, 0.1) is 6.21 Å². The van der Waals surface area contributed by atoms with Crippen molar-refractivity contribution in [1.29, 1.82) is 0 Å². The van der Waals surface area contributed by atoms with E-state index in [1.54, 1.807) is 12.3 Å². The van der Waals surface area contributed by atoms with Crippen LogP contribution < -0.4 is 5.43 Å². The van der Waals surface area contributed by atoms with Gasteiger partial charge in [-0.05, 0) is 22.9 Å². The Morgan fingerprint density at radius 2 is 1.67 bits per heavy atom. The molecule has 4 aromatic rings. The number of hydrazone groups is 1. The Balaban J connectivity index is 1.55. The smallest absolute Gasteiger partial charge is 0.307 e. The summed E-state index contributed by atoms with van der Waals surface area (Å²) in [5, 5.41) is 7.16. The van der Waals surface area contributed by atoms with Crippen molar-refractivity contribution in [2.75, 3.05) is 0 Å². The second kappa shape index (κ2) is 6.01. The van der Waals surface area contributed by atoms with Gasteiger partial charge in [0.25, 0.3) is 0 Å². The van der Waals surface area contributed by atoms with Crippen LogP contribution in [-0.2, 0) is 0 Å². The Labute approximate surface area is 138 Å². The molecule has 1 N–H and O–H groups in total. The molecule has 4 rings (SSSR count). The van der Waals surface area contributed by atoms with Crippen LogP contribution >= 0.6 is 0 Å². The first-order valence-corrected chi connectivity index (χ1v) is 7.61. The van der Waals surface area contributed by atoms with Gasteiger partial charge in [0.2, 0.25) is 0 Å². The molecule has 0 aliphatic heterocycles. The van der Waals surface area contributed by atoms with Crippen LogP contribution in [0.25, 0.3) is 21.7 Å². The summed E-state index contributed by atoms with van der Waals surface area (Å²) in [6.07, 6.45) is 1.64. The lowest BCUT2D eigenvalue weighted by molar-refractivity contribution is 0.0929. The molecule has 0 unspecified atom stereocenters. The molecule has 0 aliphatic carbocycles. The molecule has 0 spiro atoms. The van der Waals surface area contributed by atoms with Gasteiger partial charge in [-0.25, -0.2) is 5.43 Å². The molecular formula is C20H14N2O2. The van der Waals surface area contributed by atoms with Gasteiger partial charge in [0, 0.05) is 10.9 Å². The van der Waals surface area contributed by atoms with Crippen LogP contribution in [0, 0.1) is 0 Å². The molecule has 24 heavy (non-hydrogen) atoms. The number of nitrogens with zero attached hydrogens (tertiary/aromatic N) is 1. The number of furan rings is 1. The molecular weight excluding hydrogens is 300 g/mol. The van der Waals surface area contributed by atoms with E-state index in [1.165, 1.54) is 0 Å². The van der Waals surface area contributed by atoms with E-state index in [9.17, 15) is 4.79 Å². The zero-order valence-corrected chi connectivity index (χ0v) is 12.8. The van der Waals surface area contributed by atoms with E-state index in [4.69, 9.17) is 4.42 Å². The molecule has 116 valence electrons. The first-order chi connectivity index (χ1) is 11.8. The van der Waals surface area contributed by atoms with Crippen molar-refractivity contribution in [3.8, 4) is 0 Å². The monoisotopic (exact) mass is 314 g/mol. The minimum Gasteiger partial charge on any atom is -0.451 e. The standard InChI is InChI=1S/C20H14N2O2/c23-20(19-12-15-7-2-4-11-18(15)24-19)22-21-13-16-9-5-8-14-6-1-3-10-17(14)16/h1-13H,(H,22,23)/b21-13-. The highest BCUT2D eigenvalue weighted by atomic mass is 16.3. The molecule has 3 aromatic carbocycles. The van der Waals surface area contributed by atoms with E-state index in [1.807, 2.05) is 66.7 Å². The van der Waals surface area contributed by atoms with Gasteiger partial charge in [-0.1, -0.05) is 60.7 Å². The topological polar surface area (TPSA) is 54.6 Å². The van der Waals surface area contributed by atoms with E-state index in [2.05, 4.69) is 10.5 Å². The van der Waals surface area contributed by atoms with Gasteiger partial charge in [-0.3, -0.25) is 4.79 Å². The van der Waals surface area contributed by atoms with Crippen LogP contribution in [-0.4, -0.2) is 12.1 Å². The second-order valence-corrected chi connectivity index (χ2v) is 5.42. The number of nitrogens with one attached hydrogen (secondary N) is 1. The maximum absolute atomic E-state index is 12.1. The summed E-state index contributed by atoms with van der Waals surface area (Å²) in [6, 6.07) is 23.2. The Kier molecular flexibility index (Phi) is 3.56. The second-order valence-electron chi connectivity index (χ2n) is 5.42. The Morgan fingerprint density at radius 3 is 2.54 bits per heavy atom. The quantitative estimate of drug-likeness (QED) is 0.451. The lowest BCUT2D eigenvalue weighted by Gasteiger charge is -2.01. The number of para-hydroxylation sites is 1. The lowest BCUT2D eigenvalue weighted by atomic mass is 10.1. The fourth-order valence-corrected chi connectivity index (χ4v) is 2.67. The first-order valence-electron chi connectivity index (χ1n) is 7.61. The molecule has 0 fully saturated rings.